The number of hydrogen-bond acceptors (Lipinski definition) is 7. The number of β-amino-alcohol motifs (C(OH)–C–C–N with tert-alkyl or cyclic N) is 1. The van der Waals surface area contributed by atoms with E-state index in [1.54, 1.807) is 11.3 Å². The van der Waals surface area contributed by atoms with Crippen LogP contribution in [0.5, 0.6) is 0 Å². The van der Waals surface area contributed by atoms with Crippen molar-refractivity contribution in [2.45, 2.75) is 104 Å². The molecule has 5 N–H and O–H groups in total. The number of aliphatic hydroxyl groups is 1. The number of hydrogen-bond donors (Lipinski definition) is 4. The van der Waals surface area contributed by atoms with Gasteiger partial charge in [-0.05, 0) is 42.9 Å². The molecule has 3 amide bonds. The highest BCUT2D eigenvalue weighted by molar-refractivity contribution is 7.13. The number of amides is 3. The summed E-state index contributed by atoms with van der Waals surface area (Å²) in [6.07, 6.45) is 5.75. The molecule has 12 heteroatoms. The molecular weight excluding hydrogens is 609 g/mol. The van der Waals surface area contributed by atoms with Crippen molar-refractivity contribution in [1.29, 1.82) is 0 Å². The highest BCUT2D eigenvalue weighted by Gasteiger charge is 2.44. The lowest BCUT2D eigenvalue weighted by molar-refractivity contribution is -0.144. The van der Waals surface area contributed by atoms with Crippen LogP contribution < -0.4 is 16.4 Å². The maximum atomic E-state index is 13.7. The van der Waals surface area contributed by atoms with Crippen molar-refractivity contribution >= 4 is 53.9 Å². The van der Waals surface area contributed by atoms with Gasteiger partial charge in [-0.2, -0.15) is 0 Å². The van der Waals surface area contributed by atoms with Gasteiger partial charge in [-0.15, -0.1) is 36.2 Å². The van der Waals surface area contributed by atoms with Gasteiger partial charge in [0.25, 0.3) is 0 Å². The zero-order valence-corrected chi connectivity index (χ0v) is 28.2. The Bertz CT molecular complexity index is 1160. The van der Waals surface area contributed by atoms with Crippen LogP contribution >= 0.6 is 36.2 Å². The number of aliphatic hydroxyl groups excluding tert-OH is 1. The average molecular weight is 659 g/mol. The lowest BCUT2D eigenvalue weighted by Crippen LogP contribution is -2.57. The van der Waals surface area contributed by atoms with Crippen LogP contribution in [0.25, 0.3) is 10.4 Å². The molecule has 1 saturated heterocycles. The normalized spacial score (nSPS) is 17.0. The average Bonchev–Trinajstić information content (AvgIpc) is 3.54. The SMILES string of the molecule is Cc1ncsc1-c1ccc(CNC(=O)[C@@H]2C[C@@H](O)CN2C(=O)[C@@H](NC(=O)CCCCCCCCN)C(C)(C)C)cc1.Cl.Cl. The van der Waals surface area contributed by atoms with Crippen LogP contribution in [0.1, 0.15) is 83.4 Å². The van der Waals surface area contributed by atoms with Crippen LogP contribution in [0.2, 0.25) is 0 Å². The van der Waals surface area contributed by atoms with E-state index in [1.807, 2.05) is 57.5 Å². The van der Waals surface area contributed by atoms with Crippen LogP contribution in [0.15, 0.2) is 29.8 Å². The Morgan fingerprint density at radius 2 is 1.70 bits per heavy atom. The van der Waals surface area contributed by atoms with E-state index < -0.39 is 23.6 Å². The number of nitrogens with zero attached hydrogens (tertiary/aromatic N) is 2. The van der Waals surface area contributed by atoms with E-state index in [0.29, 0.717) is 19.5 Å². The third-order valence-corrected chi connectivity index (χ3v) is 8.55. The molecule has 242 valence electrons. The fraction of sp³-hybridized carbons (Fsp3) is 0.613. The number of aromatic nitrogens is 1. The van der Waals surface area contributed by atoms with Gasteiger partial charge < -0.3 is 26.4 Å². The second-order valence-electron chi connectivity index (χ2n) is 12.1. The molecule has 1 aromatic heterocycles. The molecule has 1 aromatic carbocycles. The second kappa shape index (κ2) is 18.5. The molecule has 0 unspecified atom stereocenters. The van der Waals surface area contributed by atoms with Crippen molar-refractivity contribution in [1.82, 2.24) is 20.5 Å². The molecule has 3 rings (SSSR count). The van der Waals surface area contributed by atoms with Gasteiger partial charge in [0, 0.05) is 25.9 Å². The van der Waals surface area contributed by atoms with Crippen molar-refractivity contribution in [3.8, 4) is 10.4 Å². The highest BCUT2D eigenvalue weighted by Crippen LogP contribution is 2.28. The molecular formula is C31H49Cl2N5O4S. The Kier molecular flexibility index (Phi) is 16.7. The number of likely N-dealkylation sites (tertiary alicyclic amines) is 1. The summed E-state index contributed by atoms with van der Waals surface area (Å²) < 4.78 is 0. The smallest absolute Gasteiger partial charge is 0.246 e. The minimum absolute atomic E-state index is 0. The largest absolute Gasteiger partial charge is 0.391 e. The van der Waals surface area contributed by atoms with Crippen molar-refractivity contribution in [3.05, 3.63) is 41.0 Å². The van der Waals surface area contributed by atoms with Crippen molar-refractivity contribution < 1.29 is 19.5 Å². The second-order valence-corrected chi connectivity index (χ2v) is 13.0. The molecule has 0 radical (unpaired) electrons. The van der Waals surface area contributed by atoms with Crippen LogP contribution in [0.3, 0.4) is 0 Å². The summed E-state index contributed by atoms with van der Waals surface area (Å²) in [4.78, 5) is 46.6. The van der Waals surface area contributed by atoms with Gasteiger partial charge in [0.15, 0.2) is 0 Å². The number of carbonyl (C=O) groups is 3. The van der Waals surface area contributed by atoms with E-state index in [1.165, 1.54) is 4.90 Å². The summed E-state index contributed by atoms with van der Waals surface area (Å²) >= 11 is 1.59. The van der Waals surface area contributed by atoms with Crippen LogP contribution in [-0.2, 0) is 20.9 Å². The van der Waals surface area contributed by atoms with Gasteiger partial charge in [0.1, 0.15) is 12.1 Å². The zero-order chi connectivity index (χ0) is 30.0. The van der Waals surface area contributed by atoms with Gasteiger partial charge in [-0.3, -0.25) is 14.4 Å². The number of halogens is 2. The first-order valence-electron chi connectivity index (χ1n) is 14.8. The Hall–Kier alpha value is -2.24. The van der Waals surface area contributed by atoms with Crippen molar-refractivity contribution in [2.75, 3.05) is 13.1 Å². The first-order chi connectivity index (χ1) is 19.5. The molecule has 3 atom stereocenters. The van der Waals surface area contributed by atoms with E-state index in [9.17, 15) is 19.5 Å². The number of nitrogens with two attached hydrogens (primary N) is 1. The van der Waals surface area contributed by atoms with Crippen molar-refractivity contribution in [3.63, 3.8) is 0 Å². The molecule has 2 heterocycles. The number of unbranched alkanes of at least 4 members (excludes halogenated alkanes) is 5. The topological polar surface area (TPSA) is 138 Å². The Labute approximate surface area is 272 Å². The zero-order valence-electron chi connectivity index (χ0n) is 25.8. The number of rotatable bonds is 14. The van der Waals surface area contributed by atoms with Gasteiger partial charge in [0.2, 0.25) is 17.7 Å². The predicted molar refractivity (Wildman–Crippen MR) is 178 cm³/mol. The van der Waals surface area contributed by atoms with Crippen LogP contribution in [0.4, 0.5) is 0 Å². The van der Waals surface area contributed by atoms with E-state index in [2.05, 4.69) is 15.6 Å². The molecule has 0 bridgehead atoms. The van der Waals surface area contributed by atoms with Gasteiger partial charge in [-0.1, -0.05) is 70.7 Å². The van der Waals surface area contributed by atoms with E-state index in [4.69, 9.17) is 5.73 Å². The van der Waals surface area contributed by atoms with E-state index >= 15 is 0 Å². The Morgan fingerprint density at radius 1 is 1.07 bits per heavy atom. The van der Waals surface area contributed by atoms with Gasteiger partial charge in [0.05, 0.1) is 22.2 Å². The molecule has 1 aliphatic heterocycles. The monoisotopic (exact) mass is 657 g/mol. The highest BCUT2D eigenvalue weighted by atomic mass is 35.5. The first-order valence-corrected chi connectivity index (χ1v) is 15.6. The van der Waals surface area contributed by atoms with Gasteiger partial charge in [-0.25, -0.2) is 4.98 Å². The summed E-state index contributed by atoms with van der Waals surface area (Å²) in [6, 6.07) is 6.35. The summed E-state index contributed by atoms with van der Waals surface area (Å²) in [5.41, 5.74) is 9.78. The molecule has 2 aromatic rings. The number of aryl methyl sites for hydroxylation is 1. The van der Waals surface area contributed by atoms with E-state index in [0.717, 1.165) is 60.2 Å². The Balaban J connectivity index is 0.00000462. The Morgan fingerprint density at radius 3 is 2.28 bits per heavy atom. The molecule has 0 spiro atoms. The van der Waals surface area contributed by atoms with Crippen LogP contribution in [0, 0.1) is 12.3 Å². The fourth-order valence-corrected chi connectivity index (χ4v) is 5.96. The third kappa shape index (κ3) is 11.6. The lowest BCUT2D eigenvalue weighted by atomic mass is 9.85. The minimum Gasteiger partial charge on any atom is -0.391 e. The number of thiazole rings is 1. The lowest BCUT2D eigenvalue weighted by Gasteiger charge is -2.35. The molecule has 1 aliphatic rings. The summed E-state index contributed by atoms with van der Waals surface area (Å²) in [5, 5.41) is 16.3. The summed E-state index contributed by atoms with van der Waals surface area (Å²) in [6.45, 7) is 8.74. The first kappa shape index (κ1) is 38.8. The molecule has 1 fully saturated rings. The number of carbonyl (C=O) groups excluding carboxylic acids is 3. The molecule has 0 aliphatic carbocycles. The fourth-order valence-electron chi connectivity index (χ4n) is 5.15. The maximum Gasteiger partial charge on any atom is 0.246 e. The molecule has 9 nitrogen and oxygen atoms in total. The number of nitrogens with one attached hydrogen (secondary N) is 2. The summed E-state index contributed by atoms with van der Waals surface area (Å²) in [7, 11) is 0. The minimum atomic E-state index is -0.803. The third-order valence-electron chi connectivity index (χ3n) is 7.57. The molecule has 0 saturated carbocycles. The quantitative estimate of drug-likeness (QED) is 0.216. The standard InChI is InChI=1S/C31H47N5O4S.2ClH/c1-21-27(41-20-34-21)23-14-12-22(13-15-23)18-33-29(39)25-17-24(37)19-36(25)30(40)28(31(2,3)4)35-26(38)11-9-7-5-6-8-10-16-32;;/h12-15,20,24-25,28,37H,5-11,16-19,32H2,1-4H3,(H,33,39)(H,35,38);2*1H/t24-,25+,28-;;/m1../s1. The van der Waals surface area contributed by atoms with E-state index in [-0.39, 0.29) is 55.5 Å². The van der Waals surface area contributed by atoms with Gasteiger partial charge >= 0.3 is 0 Å². The number of benzene rings is 1. The summed E-state index contributed by atoms with van der Waals surface area (Å²) in [5.74, 6) is -0.822. The van der Waals surface area contributed by atoms with Crippen molar-refractivity contribution in [2.24, 2.45) is 11.1 Å². The van der Waals surface area contributed by atoms with Crippen LogP contribution in [-0.4, -0.2) is 64.0 Å². The predicted octanol–water partition coefficient (Wildman–Crippen LogP) is 4.76. The molecule has 43 heavy (non-hydrogen) atoms. The maximum absolute atomic E-state index is 13.7.